The summed E-state index contributed by atoms with van der Waals surface area (Å²) in [6, 6.07) is 1.96. The van der Waals surface area contributed by atoms with Crippen LogP contribution in [0.2, 0.25) is 0 Å². The molecule has 1 spiro atoms. The number of hydrogen-bond acceptors (Lipinski definition) is 11. The third kappa shape index (κ3) is 7.28. The highest BCUT2D eigenvalue weighted by Gasteiger charge is 2.61. The van der Waals surface area contributed by atoms with Gasteiger partial charge in [0.25, 0.3) is 5.92 Å². The van der Waals surface area contributed by atoms with Gasteiger partial charge in [0.1, 0.15) is 28.8 Å². The Kier molecular flexibility index (Phi) is 10.6. The molecule has 9 rings (SSSR count). The van der Waals surface area contributed by atoms with Gasteiger partial charge in [0.05, 0.1) is 23.7 Å². The van der Waals surface area contributed by atoms with Crippen molar-refractivity contribution in [1.29, 1.82) is 0 Å². The first kappa shape index (κ1) is 42.2. The molecule has 3 amide bonds. The van der Waals surface area contributed by atoms with E-state index in [4.69, 9.17) is 4.98 Å². The van der Waals surface area contributed by atoms with Gasteiger partial charge in [-0.2, -0.15) is 14.4 Å². The molecule has 2 unspecified atom stereocenters. The Balaban J connectivity index is 0.784. The predicted octanol–water partition coefficient (Wildman–Crippen LogP) is 3.40. The Bertz CT molecular complexity index is 2630. The Labute approximate surface area is 355 Å². The van der Waals surface area contributed by atoms with E-state index < -0.39 is 69.7 Å². The van der Waals surface area contributed by atoms with Crippen LogP contribution in [0.5, 0.6) is 0 Å². The molecule has 1 saturated carbocycles. The zero-order chi connectivity index (χ0) is 43.9. The number of carbonyl (C=O) groups is 3. The molecule has 3 aromatic heterocycles. The Hall–Kier alpha value is -5.15. The third-order valence-electron chi connectivity index (χ3n) is 13.3. The van der Waals surface area contributed by atoms with Gasteiger partial charge >= 0.3 is 5.69 Å². The number of sulfonamides is 1. The molecule has 21 heteroatoms. The monoisotopic (exact) mass is 881 g/mol. The fourth-order valence-electron chi connectivity index (χ4n) is 9.69. The minimum atomic E-state index is -4.03. The van der Waals surface area contributed by atoms with Crippen LogP contribution in [0.1, 0.15) is 94.7 Å². The number of nitrogens with one attached hydrogen (secondary N) is 2. The Morgan fingerprint density at radius 3 is 2.48 bits per heavy atom. The molecule has 1 aromatic carbocycles. The number of imidazole rings is 1. The van der Waals surface area contributed by atoms with E-state index in [1.165, 1.54) is 26.9 Å². The number of hydrogen-bond donors (Lipinski definition) is 2. The van der Waals surface area contributed by atoms with Gasteiger partial charge in [-0.05, 0) is 57.1 Å². The number of carbonyl (C=O) groups excluding carboxylic acids is 3. The number of likely N-dealkylation sites (tertiary alicyclic amines) is 1. The first-order valence-electron chi connectivity index (χ1n) is 21.3. The fraction of sp³-hybridized carbons (Fsp3) is 0.585. The number of rotatable bonds is 14. The van der Waals surface area contributed by atoms with E-state index in [0.717, 1.165) is 59.3 Å². The molecule has 62 heavy (non-hydrogen) atoms. The minimum absolute atomic E-state index is 0.0128. The van der Waals surface area contributed by atoms with Gasteiger partial charge < -0.3 is 5.32 Å². The van der Waals surface area contributed by atoms with E-state index >= 15 is 13.2 Å². The maximum absolute atomic E-state index is 16.0. The molecule has 3 saturated heterocycles. The van der Waals surface area contributed by atoms with E-state index in [9.17, 15) is 27.6 Å². The Morgan fingerprint density at radius 2 is 1.79 bits per heavy atom. The van der Waals surface area contributed by atoms with Crippen LogP contribution in [0.25, 0.3) is 11.0 Å². The first-order chi connectivity index (χ1) is 29.5. The molecule has 4 aromatic rings. The van der Waals surface area contributed by atoms with Crippen LogP contribution in [0.15, 0.2) is 40.4 Å². The highest BCUT2D eigenvalue weighted by molar-refractivity contribution is 7.89. The van der Waals surface area contributed by atoms with Crippen LogP contribution in [0, 0.1) is 5.82 Å². The lowest BCUT2D eigenvalue weighted by atomic mass is 9.90. The standard InChI is InChI=1S/C41H50F3N11O6S/c1-4-5-6-24(2)54-35-29(40(13-14-40)37(54)58)18-45-38(49-35)47-26-11-15-53(16-12-26)62(60,61)27-17-46-52(21-27)23-41(43,44)22-51-19-25(20-51)28-7-8-30-34(33(28)42)50(3)39(59)55(30)31-9-10-32(56)48-36(31)57/h7-8,17-18,21,24-26,31H,4-6,9-16,19-20,22-23H2,1-3H3,(H,45,47,49)(H,48,56,57). The van der Waals surface area contributed by atoms with Crippen molar-refractivity contribution < 1.29 is 36.0 Å². The number of benzene rings is 1. The lowest BCUT2D eigenvalue weighted by Gasteiger charge is -2.41. The average Bonchev–Trinajstić information content (AvgIpc) is 3.73. The number of unbranched alkanes of at least 4 members (excludes halogenated alkanes) is 1. The number of halogens is 3. The number of alkyl halides is 2. The zero-order valence-corrected chi connectivity index (χ0v) is 35.6. The average molecular weight is 882 g/mol. The number of aromatic nitrogens is 6. The van der Waals surface area contributed by atoms with Crippen LogP contribution < -0.4 is 21.2 Å². The molecule has 4 fully saturated rings. The molecule has 2 N–H and O–H groups in total. The topological polar surface area (TPSA) is 190 Å². The van der Waals surface area contributed by atoms with Gasteiger partial charge in [-0.1, -0.05) is 25.8 Å². The van der Waals surface area contributed by atoms with Gasteiger partial charge in [0.2, 0.25) is 33.7 Å². The van der Waals surface area contributed by atoms with Crippen molar-refractivity contribution in [3.05, 3.63) is 58.2 Å². The summed E-state index contributed by atoms with van der Waals surface area (Å²) in [6.45, 7) is 3.25. The molecule has 2 atom stereocenters. The molecule has 17 nitrogen and oxygen atoms in total. The lowest BCUT2D eigenvalue weighted by Crippen LogP contribution is -2.51. The highest BCUT2D eigenvalue weighted by atomic mass is 32.2. The van der Waals surface area contributed by atoms with Crippen LogP contribution in [-0.4, -0.2) is 115 Å². The van der Waals surface area contributed by atoms with Crippen molar-refractivity contribution in [1.82, 2.24) is 43.4 Å². The number of piperidine rings is 2. The van der Waals surface area contributed by atoms with Crippen molar-refractivity contribution in [2.75, 3.05) is 42.9 Å². The first-order valence-corrected chi connectivity index (χ1v) is 22.8. The molecule has 4 aliphatic heterocycles. The van der Waals surface area contributed by atoms with Gasteiger partial charge in [-0.15, -0.1) is 0 Å². The molecule has 0 bridgehead atoms. The van der Waals surface area contributed by atoms with Crippen molar-refractivity contribution in [3.8, 4) is 0 Å². The van der Waals surface area contributed by atoms with Gasteiger partial charge in [-0.25, -0.2) is 31.4 Å². The van der Waals surface area contributed by atoms with Crippen molar-refractivity contribution in [3.63, 3.8) is 0 Å². The summed E-state index contributed by atoms with van der Waals surface area (Å²) in [6.07, 6.45) is 9.49. The van der Waals surface area contributed by atoms with E-state index in [-0.39, 0.29) is 78.5 Å². The normalized spacial score (nSPS) is 21.7. The van der Waals surface area contributed by atoms with E-state index in [0.29, 0.717) is 24.6 Å². The molecule has 1 aliphatic carbocycles. The van der Waals surface area contributed by atoms with Gasteiger partial charge in [0.15, 0.2) is 5.82 Å². The third-order valence-corrected chi connectivity index (χ3v) is 15.2. The second-order valence-electron chi connectivity index (χ2n) is 17.6. The van der Waals surface area contributed by atoms with E-state index in [1.54, 1.807) is 12.3 Å². The quantitative estimate of drug-likeness (QED) is 0.177. The number of nitrogens with zero attached hydrogens (tertiary/aromatic N) is 9. The van der Waals surface area contributed by atoms with Crippen molar-refractivity contribution >= 4 is 50.5 Å². The highest BCUT2D eigenvalue weighted by Crippen LogP contribution is 2.57. The maximum atomic E-state index is 16.0. The number of fused-ring (bicyclic) bond motifs is 3. The van der Waals surface area contributed by atoms with Crippen molar-refractivity contribution in [2.24, 2.45) is 7.05 Å². The second-order valence-corrected chi connectivity index (χ2v) is 19.6. The zero-order valence-electron chi connectivity index (χ0n) is 34.8. The predicted molar refractivity (Wildman–Crippen MR) is 220 cm³/mol. The largest absolute Gasteiger partial charge is 0.351 e. The summed E-state index contributed by atoms with van der Waals surface area (Å²) in [5.74, 6) is -4.34. The van der Waals surface area contributed by atoms with Crippen LogP contribution >= 0.6 is 0 Å². The molecule has 332 valence electrons. The summed E-state index contributed by atoms with van der Waals surface area (Å²) in [7, 11) is -2.64. The van der Waals surface area contributed by atoms with Crippen LogP contribution in [-0.2, 0) is 43.4 Å². The lowest BCUT2D eigenvalue weighted by molar-refractivity contribution is -0.135. The number of imide groups is 1. The van der Waals surface area contributed by atoms with E-state index in [2.05, 4.69) is 34.6 Å². The molecule has 5 aliphatic rings. The molecule has 0 radical (unpaired) electrons. The summed E-state index contributed by atoms with van der Waals surface area (Å²) in [5.41, 5.74) is 0.212. The summed E-state index contributed by atoms with van der Waals surface area (Å²) in [5, 5.41) is 9.53. The van der Waals surface area contributed by atoms with Crippen LogP contribution in [0.4, 0.5) is 24.9 Å². The number of aryl methyl sites for hydroxylation is 1. The smallest absolute Gasteiger partial charge is 0.329 e. The summed E-state index contributed by atoms with van der Waals surface area (Å²) < 4.78 is 78.5. The van der Waals surface area contributed by atoms with Crippen molar-refractivity contribution in [2.45, 2.75) is 118 Å². The summed E-state index contributed by atoms with van der Waals surface area (Å²) in [4.78, 5) is 63.3. The number of amides is 3. The Morgan fingerprint density at radius 1 is 1.05 bits per heavy atom. The fourth-order valence-corrected chi connectivity index (χ4v) is 11.1. The van der Waals surface area contributed by atoms with Crippen LogP contribution in [0.3, 0.4) is 0 Å². The SMILES string of the molecule is CCCCC(C)N1C(=O)C2(CC2)c2cnc(NC3CCN(S(=O)(=O)c4cnn(CC(F)(F)CN5CC(c6ccc7c(c6F)n(C)c(=O)n7C6CCC(=O)NC6=O)C5)c4)CC3)nc21. The van der Waals surface area contributed by atoms with E-state index in [1.807, 2.05) is 4.90 Å². The second kappa shape index (κ2) is 15.6. The molecule has 7 heterocycles. The number of anilines is 2. The summed E-state index contributed by atoms with van der Waals surface area (Å²) >= 11 is 0. The van der Waals surface area contributed by atoms with Gasteiger partial charge in [0, 0.05) is 75.6 Å². The van der Waals surface area contributed by atoms with Gasteiger partial charge in [-0.3, -0.25) is 43.3 Å². The maximum Gasteiger partial charge on any atom is 0.329 e. The molecular formula is C41H50F3N11O6S. The molecular weight excluding hydrogens is 832 g/mol. The minimum Gasteiger partial charge on any atom is -0.351 e.